The first-order valence-electron chi connectivity index (χ1n) is 4.42. The fourth-order valence-electron chi connectivity index (χ4n) is 1.02. The number of hydrogen-bond donors (Lipinski definition) is 2. The maximum absolute atomic E-state index is 8.95. The van der Waals surface area contributed by atoms with E-state index in [0.29, 0.717) is 0 Å². The standard InChI is InChI=1S/C9H15N3O/c1-3-8(6-13)12-9-5-10-4-7(2)11-9/h4-5,8,13H,3,6H2,1-2H3,(H,11,12). The first kappa shape index (κ1) is 9.92. The zero-order valence-corrected chi connectivity index (χ0v) is 7.99. The van der Waals surface area contributed by atoms with Crippen molar-refractivity contribution in [2.24, 2.45) is 0 Å². The lowest BCUT2D eigenvalue weighted by Gasteiger charge is -2.14. The highest BCUT2D eigenvalue weighted by atomic mass is 16.3. The summed E-state index contributed by atoms with van der Waals surface area (Å²) < 4.78 is 0. The van der Waals surface area contributed by atoms with Gasteiger partial charge in [0.05, 0.1) is 24.5 Å². The Morgan fingerprint density at radius 2 is 2.31 bits per heavy atom. The van der Waals surface area contributed by atoms with Crippen LogP contribution in [0.1, 0.15) is 19.0 Å². The van der Waals surface area contributed by atoms with Crippen LogP contribution in [-0.4, -0.2) is 27.7 Å². The maximum Gasteiger partial charge on any atom is 0.145 e. The molecule has 0 spiro atoms. The minimum absolute atomic E-state index is 0.0658. The number of nitrogens with one attached hydrogen (secondary N) is 1. The Labute approximate surface area is 78.0 Å². The Morgan fingerprint density at radius 1 is 1.54 bits per heavy atom. The third-order valence-electron chi connectivity index (χ3n) is 1.82. The highest BCUT2D eigenvalue weighted by Crippen LogP contribution is 2.04. The van der Waals surface area contributed by atoms with Crippen LogP contribution in [0, 0.1) is 6.92 Å². The molecule has 1 atom stereocenters. The zero-order valence-electron chi connectivity index (χ0n) is 7.99. The average molecular weight is 181 g/mol. The van der Waals surface area contributed by atoms with Gasteiger partial charge in [0.15, 0.2) is 0 Å². The van der Waals surface area contributed by atoms with Crippen molar-refractivity contribution in [2.45, 2.75) is 26.3 Å². The Hall–Kier alpha value is -1.16. The maximum atomic E-state index is 8.95. The van der Waals surface area contributed by atoms with Gasteiger partial charge < -0.3 is 10.4 Å². The van der Waals surface area contributed by atoms with Crippen LogP contribution in [0.15, 0.2) is 12.4 Å². The molecule has 0 aromatic carbocycles. The molecule has 0 bridgehead atoms. The summed E-state index contributed by atoms with van der Waals surface area (Å²) >= 11 is 0. The molecule has 1 aromatic heterocycles. The molecule has 0 saturated heterocycles. The summed E-state index contributed by atoms with van der Waals surface area (Å²) in [5.41, 5.74) is 0.873. The van der Waals surface area contributed by atoms with Gasteiger partial charge in [0.25, 0.3) is 0 Å². The fourth-order valence-corrected chi connectivity index (χ4v) is 1.02. The largest absolute Gasteiger partial charge is 0.394 e. The van der Waals surface area contributed by atoms with Crippen LogP contribution >= 0.6 is 0 Å². The molecule has 1 heterocycles. The Morgan fingerprint density at radius 3 is 2.85 bits per heavy atom. The van der Waals surface area contributed by atoms with Gasteiger partial charge in [0.2, 0.25) is 0 Å². The Bertz CT molecular complexity index is 261. The molecule has 72 valence electrons. The molecule has 0 aliphatic rings. The lowest BCUT2D eigenvalue weighted by atomic mass is 10.2. The Kier molecular flexibility index (Phi) is 3.64. The van der Waals surface area contributed by atoms with E-state index in [2.05, 4.69) is 15.3 Å². The summed E-state index contributed by atoms with van der Waals surface area (Å²) in [7, 11) is 0. The van der Waals surface area contributed by atoms with E-state index >= 15 is 0 Å². The van der Waals surface area contributed by atoms with Gasteiger partial charge in [-0.2, -0.15) is 0 Å². The molecule has 4 nitrogen and oxygen atoms in total. The molecule has 1 aromatic rings. The zero-order chi connectivity index (χ0) is 9.68. The van der Waals surface area contributed by atoms with E-state index in [9.17, 15) is 0 Å². The van der Waals surface area contributed by atoms with Crippen LogP contribution in [0.25, 0.3) is 0 Å². The molecule has 1 unspecified atom stereocenters. The van der Waals surface area contributed by atoms with Crippen molar-refractivity contribution in [3.05, 3.63) is 18.1 Å². The molecule has 2 N–H and O–H groups in total. The van der Waals surface area contributed by atoms with Crippen molar-refractivity contribution in [2.75, 3.05) is 11.9 Å². The Balaban J connectivity index is 2.62. The van der Waals surface area contributed by atoms with E-state index in [4.69, 9.17) is 5.11 Å². The van der Waals surface area contributed by atoms with Crippen LogP contribution in [-0.2, 0) is 0 Å². The van der Waals surface area contributed by atoms with Crippen LogP contribution in [0.3, 0.4) is 0 Å². The molecule has 13 heavy (non-hydrogen) atoms. The monoisotopic (exact) mass is 181 g/mol. The number of anilines is 1. The topological polar surface area (TPSA) is 58.0 Å². The summed E-state index contributed by atoms with van der Waals surface area (Å²) in [4.78, 5) is 8.22. The van der Waals surface area contributed by atoms with Crippen LogP contribution in [0.5, 0.6) is 0 Å². The van der Waals surface area contributed by atoms with Gasteiger partial charge in [-0.3, -0.25) is 4.98 Å². The molecule has 0 radical (unpaired) electrons. The first-order chi connectivity index (χ1) is 6.26. The molecule has 1 rings (SSSR count). The van der Waals surface area contributed by atoms with Crippen LogP contribution in [0.2, 0.25) is 0 Å². The third-order valence-corrected chi connectivity index (χ3v) is 1.82. The van der Waals surface area contributed by atoms with Gasteiger partial charge in [0, 0.05) is 6.20 Å². The summed E-state index contributed by atoms with van der Waals surface area (Å²) in [6.45, 7) is 4.02. The number of aliphatic hydroxyl groups excluding tert-OH is 1. The van der Waals surface area contributed by atoms with Gasteiger partial charge in [-0.1, -0.05) is 6.92 Å². The van der Waals surface area contributed by atoms with Gasteiger partial charge in [-0.15, -0.1) is 0 Å². The SMILES string of the molecule is CCC(CO)Nc1cncc(C)n1. The number of aromatic nitrogens is 2. The molecule has 0 saturated carbocycles. The molecular weight excluding hydrogens is 166 g/mol. The van der Waals surface area contributed by atoms with Gasteiger partial charge in [-0.25, -0.2) is 4.98 Å². The van der Waals surface area contributed by atoms with E-state index in [1.165, 1.54) is 0 Å². The first-order valence-corrected chi connectivity index (χ1v) is 4.42. The lowest BCUT2D eigenvalue weighted by molar-refractivity contribution is 0.271. The van der Waals surface area contributed by atoms with Crippen LogP contribution < -0.4 is 5.32 Å². The van der Waals surface area contributed by atoms with Crippen molar-refractivity contribution in [3.8, 4) is 0 Å². The average Bonchev–Trinajstić information content (AvgIpc) is 2.14. The summed E-state index contributed by atoms with van der Waals surface area (Å²) in [5.74, 6) is 0.723. The summed E-state index contributed by atoms with van der Waals surface area (Å²) in [5, 5.41) is 12.0. The van der Waals surface area contributed by atoms with Gasteiger partial charge in [-0.05, 0) is 13.3 Å². The molecule has 0 fully saturated rings. The molecule has 0 aliphatic heterocycles. The van der Waals surface area contributed by atoms with Crippen molar-refractivity contribution in [1.82, 2.24) is 9.97 Å². The normalized spacial score (nSPS) is 12.5. The van der Waals surface area contributed by atoms with E-state index in [0.717, 1.165) is 17.9 Å². The fraction of sp³-hybridized carbons (Fsp3) is 0.556. The van der Waals surface area contributed by atoms with Crippen molar-refractivity contribution >= 4 is 5.82 Å². The second kappa shape index (κ2) is 4.77. The quantitative estimate of drug-likeness (QED) is 0.726. The van der Waals surface area contributed by atoms with Crippen molar-refractivity contribution in [1.29, 1.82) is 0 Å². The minimum Gasteiger partial charge on any atom is -0.394 e. The molecular formula is C9H15N3O. The predicted molar refractivity (Wildman–Crippen MR) is 51.6 cm³/mol. The smallest absolute Gasteiger partial charge is 0.145 e. The highest BCUT2D eigenvalue weighted by Gasteiger charge is 2.04. The van der Waals surface area contributed by atoms with Crippen molar-refractivity contribution in [3.63, 3.8) is 0 Å². The van der Waals surface area contributed by atoms with Gasteiger partial charge >= 0.3 is 0 Å². The number of hydrogen-bond acceptors (Lipinski definition) is 4. The number of rotatable bonds is 4. The van der Waals surface area contributed by atoms with Crippen molar-refractivity contribution < 1.29 is 5.11 Å². The van der Waals surface area contributed by atoms with E-state index in [-0.39, 0.29) is 12.6 Å². The second-order valence-electron chi connectivity index (χ2n) is 2.98. The number of aliphatic hydroxyl groups is 1. The lowest BCUT2D eigenvalue weighted by Crippen LogP contribution is -2.23. The minimum atomic E-state index is 0.0658. The van der Waals surface area contributed by atoms with E-state index in [1.54, 1.807) is 12.4 Å². The molecule has 4 heteroatoms. The summed E-state index contributed by atoms with van der Waals surface area (Å²) in [6, 6.07) is 0.0658. The number of nitrogens with zero attached hydrogens (tertiary/aromatic N) is 2. The van der Waals surface area contributed by atoms with Gasteiger partial charge in [0.1, 0.15) is 5.82 Å². The number of aryl methyl sites for hydroxylation is 1. The molecule has 0 amide bonds. The molecule has 0 aliphatic carbocycles. The third kappa shape index (κ3) is 2.99. The van der Waals surface area contributed by atoms with E-state index in [1.807, 2.05) is 13.8 Å². The van der Waals surface area contributed by atoms with E-state index < -0.39 is 0 Å². The summed E-state index contributed by atoms with van der Waals surface area (Å²) in [6.07, 6.45) is 4.22. The predicted octanol–water partition coefficient (Wildman–Crippen LogP) is 0.968. The van der Waals surface area contributed by atoms with Crippen LogP contribution in [0.4, 0.5) is 5.82 Å². The highest BCUT2D eigenvalue weighted by molar-refractivity contribution is 5.32. The second-order valence-corrected chi connectivity index (χ2v) is 2.98.